The molecule has 0 unspecified atom stereocenters. The van der Waals surface area contributed by atoms with Crippen LogP contribution in [-0.2, 0) is 0 Å². The standard InChI is InChI=1S/C6H14Si/c1-4-5(2)6(3)7/h4H2,1-3,7H3. The fourth-order valence-electron chi connectivity index (χ4n) is 0.354. The van der Waals surface area contributed by atoms with E-state index in [1.807, 2.05) is 0 Å². The number of rotatable bonds is 1. The zero-order chi connectivity index (χ0) is 5.86. The summed E-state index contributed by atoms with van der Waals surface area (Å²) < 4.78 is 0. The third-order valence-electron chi connectivity index (χ3n) is 1.38. The summed E-state index contributed by atoms with van der Waals surface area (Å²) in [5.74, 6) is 0. The minimum absolute atomic E-state index is 1.23. The molecule has 0 heterocycles. The monoisotopic (exact) mass is 114 g/mol. The molecule has 0 saturated carbocycles. The highest BCUT2D eigenvalue weighted by molar-refractivity contribution is 6.21. The van der Waals surface area contributed by atoms with E-state index in [1.54, 1.807) is 10.8 Å². The molecule has 1 heteroatoms. The van der Waals surface area contributed by atoms with Gasteiger partial charge in [-0.25, -0.2) is 0 Å². The quantitative estimate of drug-likeness (QED) is 0.447. The smallest absolute Gasteiger partial charge is 0.0328 e. The van der Waals surface area contributed by atoms with E-state index in [-0.39, 0.29) is 0 Å². The van der Waals surface area contributed by atoms with E-state index < -0.39 is 0 Å². The molecule has 0 N–H and O–H groups in total. The van der Waals surface area contributed by atoms with E-state index in [1.165, 1.54) is 16.7 Å². The predicted octanol–water partition coefficient (Wildman–Crippen LogP) is 1.06. The molecule has 0 aliphatic heterocycles. The molecule has 0 aliphatic rings. The molecule has 0 aromatic heterocycles. The fourth-order valence-corrected chi connectivity index (χ4v) is 0.707. The molecule has 0 aromatic carbocycles. The van der Waals surface area contributed by atoms with Gasteiger partial charge in [0.25, 0.3) is 0 Å². The van der Waals surface area contributed by atoms with Gasteiger partial charge in [0.1, 0.15) is 0 Å². The summed E-state index contributed by atoms with van der Waals surface area (Å²) in [6.07, 6.45) is 1.23. The van der Waals surface area contributed by atoms with E-state index in [0.29, 0.717) is 0 Å². The van der Waals surface area contributed by atoms with E-state index in [9.17, 15) is 0 Å². The summed E-state index contributed by atoms with van der Waals surface area (Å²) in [5.41, 5.74) is 1.58. The molecule has 0 nitrogen and oxygen atoms in total. The molecule has 0 aliphatic carbocycles. The molecule has 0 saturated heterocycles. The molecule has 0 bridgehead atoms. The van der Waals surface area contributed by atoms with Crippen molar-refractivity contribution in [2.45, 2.75) is 27.2 Å². The summed E-state index contributed by atoms with van der Waals surface area (Å²) in [5, 5.41) is 1.60. The molecule has 0 radical (unpaired) electrons. The molecule has 0 atom stereocenters. The van der Waals surface area contributed by atoms with Crippen molar-refractivity contribution in [3.63, 3.8) is 0 Å². The lowest BCUT2D eigenvalue weighted by Gasteiger charge is -1.94. The Bertz CT molecular complexity index is 78.2. The molecule has 0 amide bonds. The Morgan fingerprint density at radius 3 is 1.86 bits per heavy atom. The maximum atomic E-state index is 2.21. The molecule has 0 rings (SSSR count). The Hall–Kier alpha value is -0.0431. The zero-order valence-corrected chi connectivity index (χ0v) is 7.71. The van der Waals surface area contributed by atoms with Crippen LogP contribution in [0.2, 0.25) is 0 Å². The van der Waals surface area contributed by atoms with Crippen molar-refractivity contribution in [1.82, 2.24) is 0 Å². The first-order valence-corrected chi connectivity index (χ1v) is 3.81. The van der Waals surface area contributed by atoms with Crippen LogP contribution >= 0.6 is 0 Å². The Morgan fingerprint density at radius 1 is 1.43 bits per heavy atom. The summed E-state index contributed by atoms with van der Waals surface area (Å²) in [4.78, 5) is 0. The van der Waals surface area contributed by atoms with Crippen LogP contribution in [0.1, 0.15) is 27.2 Å². The van der Waals surface area contributed by atoms with E-state index in [4.69, 9.17) is 0 Å². The zero-order valence-electron chi connectivity index (χ0n) is 5.71. The predicted molar refractivity (Wildman–Crippen MR) is 38.6 cm³/mol. The van der Waals surface area contributed by atoms with Crippen LogP contribution in [-0.4, -0.2) is 10.2 Å². The first kappa shape index (κ1) is 6.96. The second-order valence-electron chi connectivity index (χ2n) is 2.13. The van der Waals surface area contributed by atoms with Crippen molar-refractivity contribution in [1.29, 1.82) is 0 Å². The minimum atomic E-state index is 1.23. The van der Waals surface area contributed by atoms with Crippen LogP contribution in [0, 0.1) is 0 Å². The van der Waals surface area contributed by atoms with Gasteiger partial charge in [-0.05, 0) is 20.3 Å². The van der Waals surface area contributed by atoms with E-state index in [0.717, 1.165) is 0 Å². The molecule has 0 spiro atoms. The van der Waals surface area contributed by atoms with Gasteiger partial charge in [0.15, 0.2) is 0 Å². The lowest BCUT2D eigenvalue weighted by Crippen LogP contribution is -1.78. The van der Waals surface area contributed by atoms with Gasteiger partial charge < -0.3 is 0 Å². The Kier molecular flexibility index (Phi) is 3.01. The number of hydrogen-bond donors (Lipinski definition) is 0. The van der Waals surface area contributed by atoms with Crippen LogP contribution in [0.25, 0.3) is 0 Å². The highest BCUT2D eigenvalue weighted by Gasteiger charge is 1.82. The summed E-state index contributed by atoms with van der Waals surface area (Å²) in [6.45, 7) is 6.63. The summed E-state index contributed by atoms with van der Waals surface area (Å²) in [7, 11) is 1.24. The van der Waals surface area contributed by atoms with Gasteiger partial charge in [0.05, 0.1) is 0 Å². The van der Waals surface area contributed by atoms with Crippen molar-refractivity contribution in [2.24, 2.45) is 0 Å². The Labute approximate surface area is 49.0 Å². The SMILES string of the molecule is CCC(C)=C(C)[SiH3]. The third kappa shape index (κ3) is 2.63. The van der Waals surface area contributed by atoms with Gasteiger partial charge in [0, 0.05) is 10.2 Å². The number of allylic oxidation sites excluding steroid dienone is 2. The lowest BCUT2D eigenvalue weighted by atomic mass is 10.2. The van der Waals surface area contributed by atoms with E-state index in [2.05, 4.69) is 20.8 Å². The van der Waals surface area contributed by atoms with Crippen molar-refractivity contribution in [3.05, 3.63) is 10.8 Å². The largest absolute Gasteiger partial charge is 0.0959 e. The average molecular weight is 114 g/mol. The Morgan fingerprint density at radius 2 is 1.86 bits per heavy atom. The first-order valence-electron chi connectivity index (χ1n) is 2.81. The second kappa shape index (κ2) is 3.02. The van der Waals surface area contributed by atoms with Crippen LogP contribution in [0.15, 0.2) is 10.8 Å². The molecule has 0 fully saturated rings. The van der Waals surface area contributed by atoms with Gasteiger partial charge in [-0.3, -0.25) is 0 Å². The maximum Gasteiger partial charge on any atom is 0.0328 e. The van der Waals surface area contributed by atoms with Gasteiger partial charge in [-0.15, -0.1) is 0 Å². The number of hydrogen-bond acceptors (Lipinski definition) is 0. The van der Waals surface area contributed by atoms with Crippen LogP contribution < -0.4 is 0 Å². The molecule has 42 valence electrons. The average Bonchev–Trinajstić information content (AvgIpc) is 1.65. The van der Waals surface area contributed by atoms with E-state index >= 15 is 0 Å². The third-order valence-corrected chi connectivity index (χ3v) is 2.24. The van der Waals surface area contributed by atoms with Gasteiger partial charge in [-0.1, -0.05) is 17.7 Å². The van der Waals surface area contributed by atoms with Gasteiger partial charge >= 0.3 is 0 Å². The van der Waals surface area contributed by atoms with Crippen molar-refractivity contribution >= 4 is 10.2 Å². The maximum absolute atomic E-state index is 2.21. The van der Waals surface area contributed by atoms with Gasteiger partial charge in [0.2, 0.25) is 0 Å². The summed E-state index contributed by atoms with van der Waals surface area (Å²) in [6, 6.07) is 0. The van der Waals surface area contributed by atoms with Crippen LogP contribution in [0.4, 0.5) is 0 Å². The molecule has 0 aromatic rings. The Balaban J connectivity index is 3.72. The van der Waals surface area contributed by atoms with Crippen molar-refractivity contribution < 1.29 is 0 Å². The fraction of sp³-hybridized carbons (Fsp3) is 0.667. The van der Waals surface area contributed by atoms with Crippen LogP contribution in [0.3, 0.4) is 0 Å². The molecule has 7 heavy (non-hydrogen) atoms. The van der Waals surface area contributed by atoms with Crippen LogP contribution in [0.5, 0.6) is 0 Å². The van der Waals surface area contributed by atoms with Crippen molar-refractivity contribution in [3.8, 4) is 0 Å². The highest BCUT2D eigenvalue weighted by atomic mass is 28.1. The lowest BCUT2D eigenvalue weighted by molar-refractivity contribution is 1.08. The molecular weight excluding hydrogens is 100 g/mol. The second-order valence-corrected chi connectivity index (χ2v) is 3.63. The first-order chi connectivity index (χ1) is 3.18. The minimum Gasteiger partial charge on any atom is -0.0959 e. The van der Waals surface area contributed by atoms with Gasteiger partial charge in [-0.2, -0.15) is 0 Å². The highest BCUT2D eigenvalue weighted by Crippen LogP contribution is 2.01. The summed E-state index contributed by atoms with van der Waals surface area (Å²) >= 11 is 0. The molecular formula is C6H14Si. The van der Waals surface area contributed by atoms with Crippen molar-refractivity contribution in [2.75, 3.05) is 0 Å². The topological polar surface area (TPSA) is 0 Å². The normalized spacial score (nSPS) is 14.1.